The van der Waals surface area contributed by atoms with Crippen LogP contribution in [0.1, 0.15) is 88.2 Å². The molecule has 3 aromatic carbocycles. The maximum atomic E-state index is 11.3. The van der Waals surface area contributed by atoms with E-state index in [1.165, 1.54) is 17.5 Å². The summed E-state index contributed by atoms with van der Waals surface area (Å²) in [5, 5.41) is 9.27. The molecule has 0 amide bonds. The summed E-state index contributed by atoms with van der Waals surface area (Å²) in [6.45, 7) is 11.5. The predicted molar refractivity (Wildman–Crippen MR) is 148 cm³/mol. The maximum absolute atomic E-state index is 11.3. The molecule has 4 heteroatoms. The van der Waals surface area contributed by atoms with Gasteiger partial charge in [0.1, 0.15) is 12.0 Å². The number of aromatic carboxylic acids is 1. The zero-order chi connectivity index (χ0) is 26.1. The largest absolute Gasteiger partial charge is 0.478 e. The highest BCUT2D eigenvalue weighted by molar-refractivity contribution is 5.88. The van der Waals surface area contributed by atoms with Gasteiger partial charge in [-0.15, -0.1) is 0 Å². The van der Waals surface area contributed by atoms with Gasteiger partial charge in [-0.3, -0.25) is 5.73 Å². The van der Waals surface area contributed by atoms with Gasteiger partial charge in [0, 0.05) is 5.56 Å². The van der Waals surface area contributed by atoms with Gasteiger partial charge >= 0.3 is 5.97 Å². The van der Waals surface area contributed by atoms with Crippen molar-refractivity contribution < 1.29 is 14.6 Å². The second-order valence-electron chi connectivity index (χ2n) is 11.4. The average Bonchev–Trinajstić information content (AvgIpc) is 2.85. The lowest BCUT2D eigenvalue weighted by Gasteiger charge is -2.42. The summed E-state index contributed by atoms with van der Waals surface area (Å²) in [6, 6.07) is 20.0. The molecule has 4 rings (SSSR count). The van der Waals surface area contributed by atoms with Crippen LogP contribution in [0.3, 0.4) is 0 Å². The number of carbonyl (C=O) groups is 1. The maximum Gasteiger partial charge on any atom is 0.335 e. The monoisotopic (exact) mass is 485 g/mol. The number of carboxylic acid groups (broad SMARTS) is 1. The Morgan fingerprint density at radius 1 is 0.889 bits per heavy atom. The molecular formula is C32H39NO3. The van der Waals surface area contributed by atoms with E-state index in [4.69, 9.17) is 10.5 Å². The summed E-state index contributed by atoms with van der Waals surface area (Å²) in [5.74, 6) is -0.149. The minimum absolute atomic E-state index is 0.101. The van der Waals surface area contributed by atoms with Crippen LogP contribution in [0.5, 0.6) is 5.75 Å². The Morgan fingerprint density at radius 2 is 1.50 bits per heavy atom. The van der Waals surface area contributed by atoms with Crippen LogP contribution in [0.25, 0.3) is 22.3 Å². The van der Waals surface area contributed by atoms with Crippen LogP contribution >= 0.6 is 0 Å². The summed E-state index contributed by atoms with van der Waals surface area (Å²) in [4.78, 5) is 11.3. The molecule has 190 valence electrons. The Balaban J connectivity index is 1.81. The highest BCUT2D eigenvalue weighted by atomic mass is 16.5. The Hall–Kier alpha value is -3.11. The summed E-state index contributed by atoms with van der Waals surface area (Å²) in [6.07, 6.45) is 4.86. The SMILES string of the molecule is CCCCC(N)Oc1ccc(-c2ccc(C(=O)O)cc2)cc1-c1ccc2c(c1)C(C)(C)CCC2(C)C. The zero-order valence-corrected chi connectivity index (χ0v) is 22.2. The van der Waals surface area contributed by atoms with E-state index < -0.39 is 5.97 Å². The standard InChI is InChI=1S/C32H39NO3/c1-6-7-8-29(33)36-28-16-14-23(21-9-11-22(12-10-21)30(34)35)19-25(28)24-13-15-26-27(20-24)32(4,5)18-17-31(26,2)3/h9-16,19-20,29H,6-8,17-18,33H2,1-5H3,(H,34,35). The summed E-state index contributed by atoms with van der Waals surface area (Å²) < 4.78 is 6.28. The van der Waals surface area contributed by atoms with E-state index in [-0.39, 0.29) is 22.6 Å². The molecular weight excluding hydrogens is 446 g/mol. The Labute approximate surface area is 215 Å². The van der Waals surface area contributed by atoms with Crippen molar-refractivity contribution in [1.82, 2.24) is 0 Å². The van der Waals surface area contributed by atoms with Crippen molar-refractivity contribution in [3.63, 3.8) is 0 Å². The third-order valence-electron chi connectivity index (χ3n) is 7.73. The minimum Gasteiger partial charge on any atom is -0.478 e. The van der Waals surface area contributed by atoms with Crippen molar-refractivity contribution >= 4 is 5.97 Å². The number of unbranched alkanes of at least 4 members (excludes halogenated alkanes) is 1. The van der Waals surface area contributed by atoms with E-state index in [0.29, 0.717) is 0 Å². The molecule has 0 saturated heterocycles. The van der Waals surface area contributed by atoms with Crippen LogP contribution in [0.2, 0.25) is 0 Å². The fourth-order valence-corrected chi connectivity index (χ4v) is 5.23. The molecule has 0 aliphatic heterocycles. The fraction of sp³-hybridized carbons (Fsp3) is 0.406. The van der Waals surface area contributed by atoms with Gasteiger partial charge in [0.25, 0.3) is 0 Å². The lowest BCUT2D eigenvalue weighted by Crippen LogP contribution is -2.33. The predicted octanol–water partition coefficient (Wildman–Crippen LogP) is 7.92. The van der Waals surface area contributed by atoms with Crippen molar-refractivity contribution in [2.75, 3.05) is 0 Å². The third kappa shape index (κ3) is 5.34. The first-order valence-electron chi connectivity index (χ1n) is 13.1. The van der Waals surface area contributed by atoms with E-state index >= 15 is 0 Å². The second kappa shape index (κ2) is 10.1. The van der Waals surface area contributed by atoms with E-state index in [1.54, 1.807) is 12.1 Å². The van der Waals surface area contributed by atoms with Gasteiger partial charge in [-0.1, -0.05) is 77.4 Å². The molecule has 0 bridgehead atoms. The van der Waals surface area contributed by atoms with Gasteiger partial charge in [-0.2, -0.15) is 0 Å². The van der Waals surface area contributed by atoms with E-state index in [0.717, 1.165) is 53.7 Å². The van der Waals surface area contributed by atoms with E-state index in [2.05, 4.69) is 58.9 Å². The molecule has 1 aliphatic rings. The van der Waals surface area contributed by atoms with Gasteiger partial charge < -0.3 is 9.84 Å². The van der Waals surface area contributed by atoms with Crippen molar-refractivity contribution in [2.24, 2.45) is 5.73 Å². The molecule has 3 N–H and O–H groups in total. The number of nitrogens with two attached hydrogens (primary N) is 1. The lowest BCUT2D eigenvalue weighted by molar-refractivity contribution is 0.0697. The first-order chi connectivity index (χ1) is 17.0. The van der Waals surface area contributed by atoms with E-state index in [1.807, 2.05) is 24.3 Å². The topological polar surface area (TPSA) is 72.5 Å². The molecule has 0 heterocycles. The Kier molecular flexibility index (Phi) is 7.28. The molecule has 1 aliphatic carbocycles. The molecule has 0 saturated carbocycles. The number of carboxylic acids is 1. The Bertz CT molecular complexity index is 1240. The minimum atomic E-state index is -0.924. The van der Waals surface area contributed by atoms with Crippen molar-refractivity contribution in [3.05, 3.63) is 77.4 Å². The Morgan fingerprint density at radius 3 is 2.14 bits per heavy atom. The molecule has 3 aromatic rings. The molecule has 1 atom stereocenters. The normalized spacial score (nSPS) is 16.7. The number of ether oxygens (including phenoxy) is 1. The molecule has 1 unspecified atom stereocenters. The van der Waals surface area contributed by atoms with Gasteiger partial charge in [-0.25, -0.2) is 4.79 Å². The van der Waals surface area contributed by atoms with Crippen LogP contribution in [0.15, 0.2) is 60.7 Å². The smallest absolute Gasteiger partial charge is 0.335 e. The first kappa shape index (κ1) is 26.0. The lowest BCUT2D eigenvalue weighted by atomic mass is 9.63. The quantitative estimate of drug-likeness (QED) is 0.318. The number of fused-ring (bicyclic) bond motifs is 1. The number of rotatable bonds is 8. The molecule has 0 spiro atoms. The zero-order valence-electron chi connectivity index (χ0n) is 22.2. The van der Waals surface area contributed by atoms with E-state index in [9.17, 15) is 9.90 Å². The molecule has 0 radical (unpaired) electrons. The molecule has 0 aromatic heterocycles. The van der Waals surface area contributed by atoms with Crippen molar-refractivity contribution in [1.29, 1.82) is 0 Å². The summed E-state index contributed by atoms with van der Waals surface area (Å²) in [7, 11) is 0. The van der Waals surface area contributed by atoms with Crippen LogP contribution in [-0.4, -0.2) is 17.3 Å². The van der Waals surface area contributed by atoms with Gasteiger partial charge in [0.2, 0.25) is 0 Å². The van der Waals surface area contributed by atoms with Crippen LogP contribution < -0.4 is 10.5 Å². The number of hydrogen-bond acceptors (Lipinski definition) is 3. The summed E-state index contributed by atoms with van der Waals surface area (Å²) >= 11 is 0. The van der Waals surface area contributed by atoms with Crippen LogP contribution in [-0.2, 0) is 10.8 Å². The number of hydrogen-bond donors (Lipinski definition) is 2. The summed E-state index contributed by atoms with van der Waals surface area (Å²) in [5.41, 5.74) is 13.8. The fourth-order valence-electron chi connectivity index (χ4n) is 5.23. The number of benzene rings is 3. The molecule has 36 heavy (non-hydrogen) atoms. The first-order valence-corrected chi connectivity index (χ1v) is 13.1. The van der Waals surface area contributed by atoms with Crippen molar-refractivity contribution in [3.8, 4) is 28.0 Å². The van der Waals surface area contributed by atoms with Crippen molar-refractivity contribution in [2.45, 2.75) is 83.8 Å². The highest BCUT2D eigenvalue weighted by Gasteiger charge is 2.37. The molecule has 4 nitrogen and oxygen atoms in total. The van der Waals surface area contributed by atoms with Crippen LogP contribution in [0, 0.1) is 0 Å². The van der Waals surface area contributed by atoms with Gasteiger partial charge in [-0.05, 0) is 88.6 Å². The van der Waals surface area contributed by atoms with Gasteiger partial charge in [0.05, 0.1) is 5.56 Å². The second-order valence-corrected chi connectivity index (χ2v) is 11.4. The van der Waals surface area contributed by atoms with Crippen LogP contribution in [0.4, 0.5) is 0 Å². The molecule has 0 fully saturated rings. The highest BCUT2D eigenvalue weighted by Crippen LogP contribution is 2.47. The third-order valence-corrected chi connectivity index (χ3v) is 7.73. The van der Waals surface area contributed by atoms with Gasteiger partial charge in [0.15, 0.2) is 0 Å². The average molecular weight is 486 g/mol.